The van der Waals surface area contributed by atoms with Crippen LogP contribution in [0.15, 0.2) is 6.07 Å². The molecular formula is C38H49N5O9. The van der Waals surface area contributed by atoms with E-state index in [0.29, 0.717) is 58.1 Å². The lowest BCUT2D eigenvalue weighted by atomic mass is 9.71. The van der Waals surface area contributed by atoms with Gasteiger partial charge in [-0.25, -0.2) is 4.79 Å². The van der Waals surface area contributed by atoms with Crippen LogP contribution in [-0.2, 0) is 27.2 Å². The lowest BCUT2D eigenvalue weighted by Crippen LogP contribution is -2.69. The maximum absolute atomic E-state index is 14.0. The Hall–Kier alpha value is -4.74. The number of hydrogen-bond donors (Lipinski definition) is 3. The number of nitrogens with one attached hydrogen (secondary N) is 2. The summed E-state index contributed by atoms with van der Waals surface area (Å²) < 4.78 is 29.1. The Bertz CT molecular complexity index is 1850. The third-order valence-electron chi connectivity index (χ3n) is 10.6. The number of nitrogens with zero attached hydrogens (tertiary/aromatic N) is 3. The highest BCUT2D eigenvalue weighted by molar-refractivity contribution is 5.86. The summed E-state index contributed by atoms with van der Waals surface area (Å²) in [6, 6.07) is 1.24. The number of nitriles is 1. The van der Waals surface area contributed by atoms with Gasteiger partial charge in [-0.2, -0.15) is 5.26 Å². The summed E-state index contributed by atoms with van der Waals surface area (Å²) in [6.07, 6.45) is 0.104. The zero-order valence-corrected chi connectivity index (χ0v) is 31.5. The molecule has 2 bridgehead atoms. The Balaban J connectivity index is 1.50. The number of ether oxygens (including phenoxy) is 5. The SMILES string of the molecule is COc1c(C)cc2c(c1O)[C@@H]1C3Cc4c(OC(C)=O)c(C)c5c(c4[C@H](CNC(=O)[C@@H](NC(=O)OC(C)(C)C)C(C)C)N3[C@@H](C#N)[C@@H](C2)N1C)OCO5. The van der Waals surface area contributed by atoms with Gasteiger partial charge in [-0.1, -0.05) is 19.9 Å². The number of rotatable bonds is 7. The molecule has 4 aliphatic heterocycles. The van der Waals surface area contributed by atoms with Crippen molar-refractivity contribution >= 4 is 18.0 Å². The third-order valence-corrected chi connectivity index (χ3v) is 10.6. The summed E-state index contributed by atoms with van der Waals surface area (Å²) in [4.78, 5) is 43.6. The van der Waals surface area contributed by atoms with E-state index in [-0.39, 0.29) is 31.0 Å². The Labute approximate surface area is 304 Å². The van der Waals surface area contributed by atoms with E-state index in [1.54, 1.807) is 27.7 Å². The smallest absolute Gasteiger partial charge is 0.408 e. The molecule has 4 aliphatic rings. The highest BCUT2D eigenvalue weighted by Gasteiger charge is 2.57. The number of methoxy groups -OCH3 is 1. The number of carbonyl (C=O) groups excluding carboxylic acids is 3. The molecule has 14 heteroatoms. The number of amides is 2. The van der Waals surface area contributed by atoms with Crippen LogP contribution in [0.25, 0.3) is 0 Å². The van der Waals surface area contributed by atoms with Crippen LogP contribution in [0.1, 0.15) is 87.0 Å². The van der Waals surface area contributed by atoms with Crippen LogP contribution in [0.4, 0.5) is 4.79 Å². The molecule has 0 aliphatic carbocycles. The van der Waals surface area contributed by atoms with E-state index in [9.17, 15) is 24.8 Å². The number of aryl methyl sites for hydroxylation is 1. The molecule has 4 heterocycles. The molecule has 2 amide bonds. The van der Waals surface area contributed by atoms with Crippen LogP contribution in [0, 0.1) is 31.1 Å². The van der Waals surface area contributed by atoms with Crippen molar-refractivity contribution in [2.45, 2.75) is 110 Å². The molecule has 14 nitrogen and oxygen atoms in total. The molecule has 2 aromatic carbocycles. The van der Waals surface area contributed by atoms with Gasteiger partial charge < -0.3 is 39.4 Å². The van der Waals surface area contributed by atoms with Crippen LogP contribution in [0.2, 0.25) is 0 Å². The summed E-state index contributed by atoms with van der Waals surface area (Å²) in [5.41, 5.74) is 3.63. The topological polar surface area (TPSA) is 172 Å². The van der Waals surface area contributed by atoms with Crippen molar-refractivity contribution in [2.75, 3.05) is 27.5 Å². The van der Waals surface area contributed by atoms with Gasteiger partial charge >= 0.3 is 12.1 Å². The molecule has 52 heavy (non-hydrogen) atoms. The molecule has 1 fully saturated rings. The zero-order valence-electron chi connectivity index (χ0n) is 31.5. The van der Waals surface area contributed by atoms with Crippen LogP contribution in [0.3, 0.4) is 0 Å². The monoisotopic (exact) mass is 719 g/mol. The predicted molar refractivity (Wildman–Crippen MR) is 188 cm³/mol. The van der Waals surface area contributed by atoms with E-state index in [2.05, 4.69) is 26.5 Å². The number of aromatic hydroxyl groups is 1. The number of fused-ring (bicyclic) bond motifs is 9. The highest BCUT2D eigenvalue weighted by Crippen LogP contribution is 2.58. The number of piperazine rings is 1. The standard InChI is InChI=1S/C38H49N5O9/c1-17(2)29(41-37(47)52-38(6,7)8)36(46)40-15-26-28-22(33(51-20(5)44)19(4)34-35(28)50-16-49-34)13-24-30-27-21(11-18(3)32(48-10)31(27)45)12-23(42(30)9)25(14-39)43(24)26/h11,17,23-26,29-30,45H,12-13,15-16H2,1-10H3,(H,40,46)(H,41,47)/t23-,24?,25+,26+,29+,30+/m1/s1. The van der Waals surface area contributed by atoms with Gasteiger partial charge in [0.1, 0.15) is 23.4 Å². The molecule has 6 rings (SSSR count). The third kappa shape index (κ3) is 6.23. The highest BCUT2D eigenvalue weighted by atomic mass is 16.7. The van der Waals surface area contributed by atoms with Gasteiger partial charge in [-0.15, -0.1) is 0 Å². The molecule has 2 aromatic rings. The van der Waals surface area contributed by atoms with Crippen LogP contribution >= 0.6 is 0 Å². The number of esters is 1. The van der Waals surface area contributed by atoms with Crippen molar-refractivity contribution < 1.29 is 43.2 Å². The minimum atomic E-state index is -0.924. The molecule has 1 saturated heterocycles. The molecule has 6 atom stereocenters. The van der Waals surface area contributed by atoms with E-state index in [1.165, 1.54) is 14.0 Å². The minimum absolute atomic E-state index is 0.0112. The number of hydrogen-bond acceptors (Lipinski definition) is 12. The Morgan fingerprint density at radius 3 is 2.40 bits per heavy atom. The lowest BCUT2D eigenvalue weighted by molar-refractivity contribution is -0.132. The molecule has 0 spiro atoms. The first-order chi connectivity index (χ1) is 24.5. The zero-order chi connectivity index (χ0) is 38.0. The maximum atomic E-state index is 14.0. The molecule has 0 aromatic heterocycles. The van der Waals surface area contributed by atoms with E-state index in [1.807, 2.05) is 33.9 Å². The minimum Gasteiger partial charge on any atom is -0.504 e. The van der Waals surface area contributed by atoms with E-state index in [4.69, 9.17) is 23.7 Å². The number of phenolic OH excluding ortho intramolecular Hbond substituents is 1. The second-order valence-electron chi connectivity index (χ2n) is 15.5. The van der Waals surface area contributed by atoms with Crippen molar-refractivity contribution in [3.05, 3.63) is 39.4 Å². The fourth-order valence-electron chi connectivity index (χ4n) is 8.59. The Morgan fingerprint density at radius 1 is 1.10 bits per heavy atom. The van der Waals surface area contributed by atoms with Gasteiger partial charge in [-0.3, -0.25) is 19.4 Å². The molecular weight excluding hydrogens is 670 g/mol. The molecule has 280 valence electrons. The van der Waals surface area contributed by atoms with Gasteiger partial charge in [0.05, 0.1) is 25.3 Å². The Kier molecular flexibility index (Phi) is 9.73. The van der Waals surface area contributed by atoms with Crippen molar-refractivity contribution in [3.63, 3.8) is 0 Å². The van der Waals surface area contributed by atoms with E-state index in [0.717, 1.165) is 11.1 Å². The normalized spacial score (nSPS) is 23.8. The van der Waals surface area contributed by atoms with Gasteiger partial charge in [-0.05, 0) is 71.6 Å². The first-order valence-corrected chi connectivity index (χ1v) is 17.7. The number of carbonyl (C=O) groups is 3. The summed E-state index contributed by atoms with van der Waals surface area (Å²) in [6.45, 7) is 13.9. The average molecular weight is 720 g/mol. The summed E-state index contributed by atoms with van der Waals surface area (Å²) in [7, 11) is 3.49. The lowest BCUT2D eigenvalue weighted by Gasteiger charge is -2.60. The summed E-state index contributed by atoms with van der Waals surface area (Å²) >= 11 is 0. The van der Waals surface area contributed by atoms with E-state index >= 15 is 0 Å². The maximum Gasteiger partial charge on any atom is 0.408 e. The number of benzene rings is 2. The van der Waals surface area contributed by atoms with Crippen molar-refractivity contribution in [3.8, 4) is 34.8 Å². The van der Waals surface area contributed by atoms with Crippen LogP contribution < -0.4 is 29.6 Å². The van der Waals surface area contributed by atoms with E-state index < -0.39 is 53.8 Å². The molecule has 0 saturated carbocycles. The van der Waals surface area contributed by atoms with Gasteiger partial charge in [0, 0.05) is 47.8 Å². The van der Waals surface area contributed by atoms with Crippen LogP contribution in [0.5, 0.6) is 28.7 Å². The molecule has 3 N–H and O–H groups in total. The first-order valence-electron chi connectivity index (χ1n) is 17.7. The fraction of sp³-hybridized carbons (Fsp3) is 0.579. The van der Waals surface area contributed by atoms with Gasteiger partial charge in [0.2, 0.25) is 12.7 Å². The van der Waals surface area contributed by atoms with Crippen molar-refractivity contribution in [1.82, 2.24) is 20.4 Å². The molecule has 0 radical (unpaired) electrons. The second kappa shape index (κ2) is 13.7. The number of phenols is 1. The number of likely N-dealkylation sites (N-methyl/N-ethyl adjacent to an activating group) is 1. The first kappa shape index (κ1) is 37.0. The van der Waals surface area contributed by atoms with Crippen molar-refractivity contribution in [1.29, 1.82) is 5.26 Å². The molecule has 1 unspecified atom stereocenters. The summed E-state index contributed by atoms with van der Waals surface area (Å²) in [5.74, 6) is 0.445. The predicted octanol–water partition coefficient (Wildman–Crippen LogP) is 4.11. The Morgan fingerprint density at radius 2 is 1.79 bits per heavy atom. The number of alkyl carbamates (subject to hydrolysis) is 1. The summed E-state index contributed by atoms with van der Waals surface area (Å²) in [5, 5.41) is 28.5. The fourth-order valence-corrected chi connectivity index (χ4v) is 8.59. The van der Waals surface area contributed by atoms with Gasteiger partial charge in [0.15, 0.2) is 23.0 Å². The average Bonchev–Trinajstić information content (AvgIpc) is 3.54. The van der Waals surface area contributed by atoms with Gasteiger partial charge in [0.25, 0.3) is 0 Å². The van der Waals surface area contributed by atoms with Crippen LogP contribution in [-0.4, -0.2) is 90.1 Å². The van der Waals surface area contributed by atoms with Crippen molar-refractivity contribution in [2.24, 2.45) is 5.92 Å². The quantitative estimate of drug-likeness (QED) is 0.277. The largest absolute Gasteiger partial charge is 0.504 e. The second-order valence-corrected chi connectivity index (χ2v) is 15.5.